The Hall–Kier alpha value is -1.18. The van der Waals surface area contributed by atoms with Gasteiger partial charge in [0.1, 0.15) is 0 Å². The van der Waals surface area contributed by atoms with Crippen molar-refractivity contribution in [1.82, 2.24) is 0 Å². The van der Waals surface area contributed by atoms with E-state index in [1.165, 1.54) is 0 Å². The summed E-state index contributed by atoms with van der Waals surface area (Å²) in [6, 6.07) is 0. The molecule has 0 amide bonds. The van der Waals surface area contributed by atoms with Gasteiger partial charge in [-0.1, -0.05) is 0 Å². The third kappa shape index (κ3) is 18.8. The van der Waals surface area contributed by atoms with Gasteiger partial charge in [-0.25, -0.2) is 9.59 Å². The molecule has 8 N–H and O–H groups in total. The van der Waals surface area contributed by atoms with Crippen molar-refractivity contribution in [2.75, 3.05) is 0 Å². The molecule has 0 rings (SSSR count). The number of rotatable bonds is 10. The second-order valence-corrected chi connectivity index (χ2v) is 4.96. The predicted octanol–water partition coefficient (Wildman–Crippen LogP) is -1.74. The summed E-state index contributed by atoms with van der Waals surface area (Å²) in [4.78, 5) is 61.0. The van der Waals surface area contributed by atoms with E-state index < -0.39 is 72.7 Å². The second-order valence-electron chi connectivity index (χ2n) is 4.96. The molecule has 174 valence electrons. The number of carboxylic acid groups (broad SMARTS) is 6. The molecule has 0 saturated carbocycles. The van der Waals surface area contributed by atoms with Crippen LogP contribution >= 0.6 is 23.3 Å². The molecule has 0 aliphatic heterocycles. The molecule has 0 fully saturated rings. The van der Waals surface area contributed by atoms with Gasteiger partial charge in [0.05, 0.1) is 25.7 Å². The smallest absolute Gasteiger partial charge is 0.336 e. The molecule has 0 saturated heterocycles. The quantitative estimate of drug-likeness (QED) is 0.0721. The van der Waals surface area contributed by atoms with E-state index in [0.29, 0.717) is 0 Å². The van der Waals surface area contributed by atoms with Crippen LogP contribution in [0.3, 0.4) is 0 Å². The molecule has 0 radical (unpaired) electrons. The molecular formula is C12H18Mo2O14S2. The van der Waals surface area contributed by atoms with Gasteiger partial charge in [-0.3, -0.25) is 19.2 Å². The summed E-state index contributed by atoms with van der Waals surface area (Å²) < 4.78 is 0. The van der Waals surface area contributed by atoms with Gasteiger partial charge in [-0.05, 0) is 0 Å². The molecule has 0 heterocycles. The van der Waals surface area contributed by atoms with Crippen molar-refractivity contribution in [2.24, 2.45) is 0 Å². The van der Waals surface area contributed by atoms with E-state index in [1.807, 2.05) is 0 Å². The molecule has 0 aromatic heterocycles. The van der Waals surface area contributed by atoms with Crippen molar-refractivity contribution in [2.45, 2.75) is 36.9 Å². The predicted molar refractivity (Wildman–Crippen MR) is 92.2 cm³/mol. The van der Waals surface area contributed by atoms with Crippen LogP contribution in [0.25, 0.3) is 0 Å². The molecule has 30 heavy (non-hydrogen) atoms. The van der Waals surface area contributed by atoms with E-state index in [9.17, 15) is 28.8 Å². The first kappa shape index (κ1) is 39.3. The van der Waals surface area contributed by atoms with Crippen molar-refractivity contribution in [3.05, 3.63) is 0 Å². The topological polar surface area (TPSA) is 264 Å². The number of carbonyl (C=O) groups is 6. The van der Waals surface area contributed by atoms with Gasteiger partial charge in [0.25, 0.3) is 0 Å². The van der Waals surface area contributed by atoms with Gasteiger partial charge in [-0.15, -0.1) is 23.3 Å². The average molecular weight is 642 g/mol. The minimum atomic E-state index is -2.74. The largest absolute Gasteiger partial charge is 0.481 e. The van der Waals surface area contributed by atoms with Crippen molar-refractivity contribution in [1.29, 1.82) is 0 Å². The van der Waals surface area contributed by atoms with E-state index in [0.717, 1.165) is 0 Å². The summed E-state index contributed by atoms with van der Waals surface area (Å²) >= 11 is 6.44. The summed E-state index contributed by atoms with van der Waals surface area (Å²) in [6.07, 6.45) is -4.58. The zero-order chi connectivity index (χ0) is 23.3. The van der Waals surface area contributed by atoms with Crippen LogP contribution in [-0.2, 0) is 70.9 Å². The number of hydrogen-bond acceptors (Lipinski definition) is 10. The fraction of sp³-hybridized carbons (Fsp3) is 0.500. The van der Waals surface area contributed by atoms with Crippen LogP contribution in [-0.4, -0.2) is 87.9 Å². The summed E-state index contributed by atoms with van der Waals surface area (Å²) in [5.74, 6) is -10.0. The van der Waals surface area contributed by atoms with Crippen LogP contribution in [0.5, 0.6) is 0 Å². The first-order chi connectivity index (χ1) is 12.6. The van der Waals surface area contributed by atoms with Gasteiger partial charge in [0.2, 0.25) is 0 Å². The van der Waals surface area contributed by atoms with Gasteiger partial charge in [-0.2, -0.15) is 0 Å². The maximum atomic E-state index is 10.3. The van der Waals surface area contributed by atoms with E-state index in [-0.39, 0.29) is 42.1 Å². The molecule has 18 heteroatoms. The van der Waals surface area contributed by atoms with Crippen LogP contribution in [0.15, 0.2) is 0 Å². The minimum Gasteiger partial charge on any atom is -0.481 e. The second kappa shape index (κ2) is 18.6. The van der Waals surface area contributed by atoms with Crippen molar-refractivity contribution in [3.8, 4) is 0 Å². The van der Waals surface area contributed by atoms with Crippen molar-refractivity contribution in [3.63, 3.8) is 0 Å². The van der Waals surface area contributed by atoms with E-state index in [4.69, 9.17) is 40.9 Å². The first-order valence-corrected chi connectivity index (χ1v) is 8.14. The van der Waals surface area contributed by atoms with Gasteiger partial charge >= 0.3 is 35.8 Å². The Bertz CT molecular complexity index is 528. The van der Waals surface area contributed by atoms with E-state index in [1.54, 1.807) is 0 Å². The average Bonchev–Trinajstić information content (AvgIpc) is 2.46. The molecule has 0 atom stereocenters. The fourth-order valence-electron chi connectivity index (χ4n) is 1.43. The molecule has 0 aliphatic rings. The van der Waals surface area contributed by atoms with Crippen LogP contribution in [0.4, 0.5) is 0 Å². The van der Waals surface area contributed by atoms with Crippen molar-refractivity contribution < 1.29 is 112 Å². The molecule has 0 unspecified atom stereocenters. The minimum absolute atomic E-state index is 0. The number of aliphatic carboxylic acids is 6. The number of thiol groups is 2. The summed E-state index contributed by atoms with van der Waals surface area (Å²) in [6.45, 7) is 0. The molecule has 0 aliphatic carbocycles. The summed E-state index contributed by atoms with van der Waals surface area (Å²) in [7, 11) is 0. The SMILES string of the molecule is O=C(O)CC(O)(CC(=O)O)C(=O)O.O=C(O)CC(O)(CC(=O)O)C(=O)O.SS.[Mo].[Mo]. The maximum Gasteiger partial charge on any atom is 0.336 e. The number of carboxylic acids is 6. The Morgan fingerprint density at radius 3 is 0.700 bits per heavy atom. The standard InChI is InChI=1S/2C6H8O7.2Mo.H2S2/c2*7-3(8)1-6(13,5(11)12)2-4(9)10;;;1-2/h2*13H,1-2H2,(H,7,8)(H,9,10)(H,11,12);;;1-2H. The summed E-state index contributed by atoms with van der Waals surface area (Å²) in [5.41, 5.74) is -5.48. The molecular weight excluding hydrogens is 624 g/mol. The normalized spacial score (nSPS) is 9.60. The third-order valence-corrected chi connectivity index (χ3v) is 2.57. The molecule has 0 bridgehead atoms. The third-order valence-electron chi connectivity index (χ3n) is 2.57. The van der Waals surface area contributed by atoms with Gasteiger partial charge in [0, 0.05) is 42.1 Å². The molecule has 0 spiro atoms. The van der Waals surface area contributed by atoms with Crippen LogP contribution in [0.2, 0.25) is 0 Å². The number of hydrogen-bond donors (Lipinski definition) is 10. The van der Waals surface area contributed by atoms with Gasteiger partial charge < -0.3 is 40.9 Å². The summed E-state index contributed by atoms with van der Waals surface area (Å²) in [5, 5.41) is 67.6. The van der Waals surface area contributed by atoms with Crippen LogP contribution < -0.4 is 0 Å². The fourth-order valence-corrected chi connectivity index (χ4v) is 1.43. The van der Waals surface area contributed by atoms with Crippen LogP contribution in [0, 0.1) is 0 Å². The van der Waals surface area contributed by atoms with E-state index >= 15 is 0 Å². The Morgan fingerprint density at radius 1 is 0.500 bits per heavy atom. The van der Waals surface area contributed by atoms with Gasteiger partial charge in [0.15, 0.2) is 11.2 Å². The molecule has 0 aromatic rings. The Balaban J connectivity index is -0.000000121. The maximum absolute atomic E-state index is 10.3. The first-order valence-electron chi connectivity index (χ1n) is 6.54. The Labute approximate surface area is 207 Å². The number of aliphatic hydroxyl groups is 2. The Morgan fingerprint density at radius 2 is 0.633 bits per heavy atom. The monoisotopic (exact) mass is 646 g/mol. The zero-order valence-electron chi connectivity index (χ0n) is 14.6. The molecule has 14 nitrogen and oxygen atoms in total. The van der Waals surface area contributed by atoms with Crippen LogP contribution in [0.1, 0.15) is 25.7 Å². The zero-order valence-corrected chi connectivity index (χ0v) is 20.4. The van der Waals surface area contributed by atoms with E-state index in [2.05, 4.69) is 23.3 Å². The van der Waals surface area contributed by atoms with Crippen molar-refractivity contribution >= 4 is 59.1 Å². The Kier molecular flexibility index (Phi) is 24.3. The molecule has 0 aromatic carbocycles.